The topological polar surface area (TPSA) is 67.2 Å². The molecule has 26 heavy (non-hydrogen) atoms. The number of rotatable bonds is 2. The molecule has 1 aromatic heterocycles. The highest BCUT2D eigenvalue weighted by atomic mass is 32.2. The lowest BCUT2D eigenvalue weighted by molar-refractivity contribution is -0.117. The second-order valence-corrected chi connectivity index (χ2v) is 7.06. The van der Waals surface area contributed by atoms with Crippen LogP contribution in [0.3, 0.4) is 0 Å². The van der Waals surface area contributed by atoms with Crippen LogP contribution in [0.4, 0.5) is 13.2 Å². The SMILES string of the molecule is CC(=O)NC1=NC(C)(c2cc(-c3nccnc3F)c(F)cc2F)CCS1. The summed E-state index contributed by atoms with van der Waals surface area (Å²) in [4.78, 5) is 22.9. The summed E-state index contributed by atoms with van der Waals surface area (Å²) in [6, 6.07) is 1.90. The van der Waals surface area contributed by atoms with E-state index in [4.69, 9.17) is 0 Å². The molecule has 9 heteroatoms. The minimum atomic E-state index is -1.03. The minimum absolute atomic E-state index is 0.0992. The molecule has 1 N–H and O–H groups in total. The average molecular weight is 380 g/mol. The van der Waals surface area contributed by atoms with Gasteiger partial charge in [0, 0.05) is 42.3 Å². The molecule has 0 radical (unpaired) electrons. The van der Waals surface area contributed by atoms with Gasteiger partial charge >= 0.3 is 0 Å². The summed E-state index contributed by atoms with van der Waals surface area (Å²) in [5.41, 5.74) is -1.43. The Labute approximate surface area is 152 Å². The Hall–Kier alpha value is -2.42. The first kappa shape index (κ1) is 18.4. The molecule has 1 amide bonds. The van der Waals surface area contributed by atoms with E-state index in [-0.39, 0.29) is 22.7 Å². The maximum atomic E-state index is 14.5. The van der Waals surface area contributed by atoms with Crippen LogP contribution < -0.4 is 5.32 Å². The van der Waals surface area contributed by atoms with Gasteiger partial charge in [-0.15, -0.1) is 0 Å². The van der Waals surface area contributed by atoms with E-state index in [0.29, 0.717) is 23.4 Å². The molecule has 0 spiro atoms. The van der Waals surface area contributed by atoms with Crippen molar-refractivity contribution >= 4 is 22.8 Å². The first-order valence-electron chi connectivity index (χ1n) is 7.77. The third-order valence-electron chi connectivity index (χ3n) is 4.00. The number of nitrogens with one attached hydrogen (secondary N) is 1. The van der Waals surface area contributed by atoms with Crippen molar-refractivity contribution in [3.8, 4) is 11.3 Å². The standard InChI is InChI=1S/C17H15F3N4OS/c1-9(25)23-16-24-17(2,3-6-26-16)11-7-10(12(18)8-13(11)19)14-15(20)22-5-4-21-14/h4-5,7-8H,3,6H2,1-2H3,(H,23,24,25). The van der Waals surface area contributed by atoms with Gasteiger partial charge in [0.25, 0.3) is 0 Å². The van der Waals surface area contributed by atoms with E-state index in [9.17, 15) is 18.0 Å². The van der Waals surface area contributed by atoms with Gasteiger partial charge in [0.15, 0.2) is 5.17 Å². The molecule has 1 atom stereocenters. The van der Waals surface area contributed by atoms with Crippen molar-refractivity contribution in [2.45, 2.75) is 25.8 Å². The van der Waals surface area contributed by atoms with E-state index in [2.05, 4.69) is 20.3 Å². The summed E-state index contributed by atoms with van der Waals surface area (Å²) in [6.45, 7) is 3.03. The Morgan fingerprint density at radius 2 is 1.92 bits per heavy atom. The van der Waals surface area contributed by atoms with Crippen LogP contribution >= 0.6 is 11.8 Å². The Kier molecular flexibility index (Phi) is 4.99. The van der Waals surface area contributed by atoms with Crippen LogP contribution in [0.15, 0.2) is 29.5 Å². The number of aromatic nitrogens is 2. The van der Waals surface area contributed by atoms with E-state index in [1.165, 1.54) is 30.9 Å². The normalized spacial score (nSPS) is 19.8. The van der Waals surface area contributed by atoms with Crippen molar-refractivity contribution < 1.29 is 18.0 Å². The van der Waals surface area contributed by atoms with Gasteiger partial charge in [-0.25, -0.2) is 18.7 Å². The number of nitrogens with zero attached hydrogens (tertiary/aromatic N) is 3. The number of aliphatic imine (C=N–C) groups is 1. The highest BCUT2D eigenvalue weighted by Crippen LogP contribution is 2.39. The molecule has 0 aliphatic carbocycles. The number of hydrogen-bond donors (Lipinski definition) is 1. The van der Waals surface area contributed by atoms with Crippen molar-refractivity contribution in [3.63, 3.8) is 0 Å². The lowest BCUT2D eigenvalue weighted by Crippen LogP contribution is -2.34. The zero-order valence-corrected chi connectivity index (χ0v) is 14.8. The molecule has 0 saturated carbocycles. The molecule has 0 fully saturated rings. The molecule has 3 rings (SSSR count). The number of halogens is 3. The molecule has 2 heterocycles. The summed E-state index contributed by atoms with van der Waals surface area (Å²) in [6.07, 6.45) is 2.84. The molecule has 136 valence electrons. The van der Waals surface area contributed by atoms with Crippen LogP contribution in [0, 0.1) is 17.6 Å². The molecule has 2 aromatic rings. The lowest BCUT2D eigenvalue weighted by atomic mass is 9.87. The first-order valence-corrected chi connectivity index (χ1v) is 8.75. The molecule has 0 bridgehead atoms. The van der Waals surface area contributed by atoms with Gasteiger partial charge in [-0.1, -0.05) is 11.8 Å². The van der Waals surface area contributed by atoms with Crippen molar-refractivity contribution in [3.05, 3.63) is 47.7 Å². The van der Waals surface area contributed by atoms with Gasteiger partial charge in [-0.3, -0.25) is 9.79 Å². The Morgan fingerprint density at radius 1 is 1.19 bits per heavy atom. The second-order valence-electron chi connectivity index (χ2n) is 5.98. The predicted octanol–water partition coefficient (Wildman–Crippen LogP) is 3.41. The number of thioether (sulfide) groups is 1. The van der Waals surface area contributed by atoms with Gasteiger partial charge in [-0.2, -0.15) is 4.39 Å². The van der Waals surface area contributed by atoms with Crippen LogP contribution in [0.25, 0.3) is 11.3 Å². The molecule has 1 aliphatic heterocycles. The van der Waals surface area contributed by atoms with Gasteiger partial charge in [-0.05, 0) is 19.4 Å². The summed E-state index contributed by atoms with van der Waals surface area (Å²) in [7, 11) is 0. The third-order valence-corrected chi connectivity index (χ3v) is 4.88. The molecule has 5 nitrogen and oxygen atoms in total. The van der Waals surface area contributed by atoms with Crippen LogP contribution in [0.2, 0.25) is 0 Å². The fourth-order valence-corrected chi connectivity index (χ4v) is 3.89. The first-order chi connectivity index (χ1) is 12.3. The van der Waals surface area contributed by atoms with Crippen LogP contribution in [0.1, 0.15) is 25.8 Å². The zero-order chi connectivity index (χ0) is 18.9. The van der Waals surface area contributed by atoms with Crippen molar-refractivity contribution in [2.75, 3.05) is 5.75 Å². The zero-order valence-electron chi connectivity index (χ0n) is 14.0. The van der Waals surface area contributed by atoms with E-state index >= 15 is 0 Å². The molecule has 1 aromatic carbocycles. The summed E-state index contributed by atoms with van der Waals surface area (Å²) in [5, 5.41) is 2.95. The minimum Gasteiger partial charge on any atom is -0.306 e. The van der Waals surface area contributed by atoms with Crippen molar-refractivity contribution in [2.24, 2.45) is 4.99 Å². The van der Waals surface area contributed by atoms with Crippen molar-refractivity contribution in [1.29, 1.82) is 0 Å². The molecule has 1 unspecified atom stereocenters. The highest BCUT2D eigenvalue weighted by Gasteiger charge is 2.34. The van der Waals surface area contributed by atoms with E-state index in [1.54, 1.807) is 6.92 Å². The number of carbonyl (C=O) groups excluding carboxylic acids is 1. The monoisotopic (exact) mass is 380 g/mol. The largest absolute Gasteiger partial charge is 0.306 e. The predicted molar refractivity (Wildman–Crippen MR) is 93.0 cm³/mol. The van der Waals surface area contributed by atoms with Crippen LogP contribution in [0.5, 0.6) is 0 Å². The molecule has 0 saturated heterocycles. The van der Waals surface area contributed by atoms with Gasteiger partial charge in [0.05, 0.1) is 5.54 Å². The fraction of sp³-hybridized carbons (Fsp3) is 0.294. The molecular weight excluding hydrogens is 365 g/mol. The lowest BCUT2D eigenvalue weighted by Gasteiger charge is -2.31. The number of amidine groups is 1. The van der Waals surface area contributed by atoms with Crippen LogP contribution in [-0.4, -0.2) is 26.8 Å². The third kappa shape index (κ3) is 3.57. The average Bonchev–Trinajstić information content (AvgIpc) is 2.55. The van der Waals surface area contributed by atoms with Gasteiger partial charge in [0.1, 0.15) is 17.3 Å². The number of amides is 1. The van der Waals surface area contributed by atoms with E-state index < -0.39 is 23.1 Å². The Morgan fingerprint density at radius 3 is 2.62 bits per heavy atom. The molecule has 1 aliphatic rings. The fourth-order valence-electron chi connectivity index (χ4n) is 2.71. The summed E-state index contributed by atoms with van der Waals surface area (Å²) in [5.74, 6) is -2.39. The van der Waals surface area contributed by atoms with Crippen LogP contribution in [-0.2, 0) is 10.3 Å². The highest BCUT2D eigenvalue weighted by molar-refractivity contribution is 8.13. The molecular formula is C17H15F3N4OS. The second kappa shape index (κ2) is 7.06. The number of carbonyl (C=O) groups is 1. The quantitative estimate of drug-likeness (QED) is 0.867. The Balaban J connectivity index is 2.12. The van der Waals surface area contributed by atoms with E-state index in [0.717, 1.165) is 6.20 Å². The maximum Gasteiger partial charge on any atom is 0.239 e. The smallest absolute Gasteiger partial charge is 0.239 e. The van der Waals surface area contributed by atoms with E-state index in [1.807, 2.05) is 0 Å². The number of hydrogen-bond acceptors (Lipinski definition) is 5. The maximum absolute atomic E-state index is 14.5. The van der Waals surface area contributed by atoms with Crippen molar-refractivity contribution in [1.82, 2.24) is 15.3 Å². The van der Waals surface area contributed by atoms with Gasteiger partial charge in [0.2, 0.25) is 11.9 Å². The summed E-state index contributed by atoms with van der Waals surface area (Å²) < 4.78 is 42.7. The van der Waals surface area contributed by atoms with Gasteiger partial charge < -0.3 is 5.32 Å². The summed E-state index contributed by atoms with van der Waals surface area (Å²) >= 11 is 1.34. The Bertz CT molecular complexity index is 906. The number of benzene rings is 1.